The van der Waals surface area contributed by atoms with E-state index in [0.29, 0.717) is 6.61 Å². The number of likely N-dealkylation sites (N-methyl/N-ethyl adjacent to an activating group) is 1. The lowest BCUT2D eigenvalue weighted by Gasteiger charge is -2.05. The molecule has 0 radical (unpaired) electrons. The van der Waals surface area contributed by atoms with Crippen LogP contribution in [0.1, 0.15) is 13.8 Å². The molecular weight excluding hydrogens is 118 g/mol. The van der Waals surface area contributed by atoms with Crippen molar-refractivity contribution in [3.8, 4) is 0 Å². The molecule has 0 aliphatic carbocycles. The van der Waals surface area contributed by atoms with Gasteiger partial charge in [0.1, 0.15) is 0 Å². The van der Waals surface area contributed by atoms with E-state index in [1.807, 2.05) is 20.9 Å². The van der Waals surface area contributed by atoms with Crippen LogP contribution in [0, 0.1) is 0 Å². The van der Waals surface area contributed by atoms with E-state index in [1.54, 1.807) is 0 Å². The van der Waals surface area contributed by atoms with Crippen LogP contribution in [0.2, 0.25) is 0 Å². The highest BCUT2D eigenvalue weighted by Crippen LogP contribution is 1.86. The Balaban J connectivity index is 2.75. The van der Waals surface area contributed by atoms with E-state index in [1.165, 1.54) is 0 Å². The van der Waals surface area contributed by atoms with E-state index in [4.69, 9.17) is 9.78 Å². The van der Waals surface area contributed by atoms with Gasteiger partial charge in [-0.25, -0.2) is 9.78 Å². The minimum absolute atomic E-state index is 0.154. The van der Waals surface area contributed by atoms with E-state index in [9.17, 15) is 0 Å². The molecular formula is C6H15NO2. The lowest BCUT2D eigenvalue weighted by atomic mass is 10.5. The topological polar surface area (TPSA) is 30.5 Å². The minimum Gasteiger partial charge on any atom is -0.317 e. The summed E-state index contributed by atoms with van der Waals surface area (Å²) in [6, 6.07) is 0. The van der Waals surface area contributed by atoms with Crippen molar-refractivity contribution in [2.45, 2.75) is 20.0 Å². The summed E-state index contributed by atoms with van der Waals surface area (Å²) >= 11 is 0. The third kappa shape index (κ3) is 7.88. The quantitative estimate of drug-likeness (QED) is 0.338. The van der Waals surface area contributed by atoms with E-state index in [0.717, 1.165) is 6.54 Å². The first-order valence-corrected chi connectivity index (χ1v) is 3.20. The lowest BCUT2D eigenvalue weighted by molar-refractivity contribution is -0.315. The first kappa shape index (κ1) is 8.88. The monoisotopic (exact) mass is 133 g/mol. The molecule has 0 amide bonds. The van der Waals surface area contributed by atoms with Crippen molar-refractivity contribution in [3.63, 3.8) is 0 Å². The molecule has 0 saturated carbocycles. The maximum atomic E-state index is 4.80. The normalized spacial score (nSPS) is 10.7. The molecule has 0 rings (SSSR count). The van der Waals surface area contributed by atoms with Gasteiger partial charge in [-0.1, -0.05) is 0 Å². The molecule has 0 heterocycles. The standard InChI is InChI=1S/C6H15NO2/c1-6(2)9-8-5-4-7-3/h6-7H,4-5H2,1-3H3. The largest absolute Gasteiger partial charge is 0.317 e. The summed E-state index contributed by atoms with van der Waals surface area (Å²) < 4.78 is 0. The summed E-state index contributed by atoms with van der Waals surface area (Å²) in [7, 11) is 1.87. The van der Waals surface area contributed by atoms with Gasteiger partial charge in [0.05, 0.1) is 12.7 Å². The van der Waals surface area contributed by atoms with Gasteiger partial charge in [-0.3, -0.25) is 0 Å². The van der Waals surface area contributed by atoms with Crippen LogP contribution in [-0.2, 0) is 9.78 Å². The Labute approximate surface area is 56.3 Å². The van der Waals surface area contributed by atoms with E-state index in [-0.39, 0.29) is 6.10 Å². The van der Waals surface area contributed by atoms with Gasteiger partial charge in [-0.05, 0) is 20.9 Å². The Bertz CT molecular complexity index is 57.0. The highest BCUT2D eigenvalue weighted by Gasteiger charge is 1.91. The molecule has 0 aliphatic rings. The third-order valence-corrected chi connectivity index (χ3v) is 0.696. The molecule has 1 N–H and O–H groups in total. The predicted octanol–water partition coefficient (Wildman–Crippen LogP) is 0.562. The molecule has 0 bridgehead atoms. The number of rotatable bonds is 5. The Hall–Kier alpha value is -0.120. The summed E-state index contributed by atoms with van der Waals surface area (Å²) in [4.78, 5) is 9.58. The molecule has 0 aliphatic heterocycles. The molecule has 3 heteroatoms. The summed E-state index contributed by atoms with van der Waals surface area (Å²) in [6.45, 7) is 5.29. The van der Waals surface area contributed by atoms with Gasteiger partial charge in [0.25, 0.3) is 0 Å². The van der Waals surface area contributed by atoms with Gasteiger partial charge in [0, 0.05) is 6.54 Å². The zero-order valence-corrected chi connectivity index (χ0v) is 6.31. The predicted molar refractivity (Wildman–Crippen MR) is 36.1 cm³/mol. The highest BCUT2D eigenvalue weighted by atomic mass is 17.2. The fourth-order valence-electron chi connectivity index (χ4n) is 0.328. The molecule has 0 unspecified atom stereocenters. The molecule has 0 fully saturated rings. The van der Waals surface area contributed by atoms with Crippen molar-refractivity contribution in [2.75, 3.05) is 20.2 Å². The average molecular weight is 133 g/mol. The van der Waals surface area contributed by atoms with Crippen LogP contribution in [0.3, 0.4) is 0 Å². The summed E-state index contributed by atoms with van der Waals surface area (Å²) in [5, 5.41) is 2.94. The highest BCUT2D eigenvalue weighted by molar-refractivity contribution is 4.31. The molecule has 56 valence electrons. The molecule has 0 spiro atoms. The zero-order chi connectivity index (χ0) is 7.11. The van der Waals surface area contributed by atoms with Crippen LogP contribution in [-0.4, -0.2) is 26.3 Å². The van der Waals surface area contributed by atoms with Crippen molar-refractivity contribution in [2.24, 2.45) is 0 Å². The van der Waals surface area contributed by atoms with Crippen molar-refractivity contribution >= 4 is 0 Å². The van der Waals surface area contributed by atoms with E-state index in [2.05, 4.69) is 5.32 Å². The lowest BCUT2D eigenvalue weighted by Crippen LogP contribution is -2.15. The Morgan fingerprint density at radius 3 is 2.56 bits per heavy atom. The molecule has 3 nitrogen and oxygen atoms in total. The SMILES string of the molecule is CNCCOOC(C)C. The third-order valence-electron chi connectivity index (χ3n) is 0.696. The second-order valence-electron chi connectivity index (χ2n) is 2.07. The zero-order valence-electron chi connectivity index (χ0n) is 6.31. The second kappa shape index (κ2) is 6.01. The minimum atomic E-state index is 0.154. The van der Waals surface area contributed by atoms with Crippen LogP contribution in [0.15, 0.2) is 0 Å². The van der Waals surface area contributed by atoms with Crippen molar-refractivity contribution in [3.05, 3.63) is 0 Å². The first-order valence-electron chi connectivity index (χ1n) is 3.20. The first-order chi connectivity index (χ1) is 4.27. The average Bonchev–Trinajstić information content (AvgIpc) is 1.80. The van der Waals surface area contributed by atoms with Gasteiger partial charge in [-0.2, -0.15) is 0 Å². The smallest absolute Gasteiger partial charge is 0.0946 e. The van der Waals surface area contributed by atoms with Crippen molar-refractivity contribution < 1.29 is 9.78 Å². The fourth-order valence-corrected chi connectivity index (χ4v) is 0.328. The van der Waals surface area contributed by atoms with Gasteiger partial charge in [0.2, 0.25) is 0 Å². The summed E-state index contributed by atoms with van der Waals surface area (Å²) in [5.74, 6) is 0. The summed E-state index contributed by atoms with van der Waals surface area (Å²) in [5.41, 5.74) is 0. The number of hydrogen-bond donors (Lipinski definition) is 1. The van der Waals surface area contributed by atoms with Gasteiger partial charge < -0.3 is 5.32 Å². The van der Waals surface area contributed by atoms with Crippen LogP contribution in [0.4, 0.5) is 0 Å². The van der Waals surface area contributed by atoms with Gasteiger partial charge in [0.15, 0.2) is 0 Å². The Kier molecular flexibility index (Phi) is 5.93. The summed E-state index contributed by atoms with van der Waals surface area (Å²) in [6.07, 6.45) is 0.154. The van der Waals surface area contributed by atoms with Crippen LogP contribution in [0.5, 0.6) is 0 Å². The van der Waals surface area contributed by atoms with Crippen LogP contribution >= 0.6 is 0 Å². The maximum Gasteiger partial charge on any atom is 0.0946 e. The fraction of sp³-hybridized carbons (Fsp3) is 1.00. The maximum absolute atomic E-state index is 4.80. The van der Waals surface area contributed by atoms with E-state index >= 15 is 0 Å². The van der Waals surface area contributed by atoms with Crippen molar-refractivity contribution in [1.29, 1.82) is 0 Å². The molecule has 0 aromatic rings. The molecule has 0 aromatic carbocycles. The van der Waals surface area contributed by atoms with Crippen LogP contribution in [0.25, 0.3) is 0 Å². The molecule has 9 heavy (non-hydrogen) atoms. The number of hydrogen-bond acceptors (Lipinski definition) is 3. The molecule has 0 aromatic heterocycles. The second-order valence-corrected chi connectivity index (χ2v) is 2.07. The van der Waals surface area contributed by atoms with Gasteiger partial charge in [-0.15, -0.1) is 0 Å². The molecule has 0 saturated heterocycles. The number of nitrogens with one attached hydrogen (secondary N) is 1. The van der Waals surface area contributed by atoms with Crippen molar-refractivity contribution in [1.82, 2.24) is 5.32 Å². The molecule has 0 atom stereocenters. The van der Waals surface area contributed by atoms with Crippen LogP contribution < -0.4 is 5.32 Å². The van der Waals surface area contributed by atoms with Gasteiger partial charge >= 0.3 is 0 Å². The Morgan fingerprint density at radius 1 is 1.44 bits per heavy atom. The van der Waals surface area contributed by atoms with E-state index < -0.39 is 0 Å². The Morgan fingerprint density at radius 2 is 2.11 bits per heavy atom.